The zero-order valence-corrected chi connectivity index (χ0v) is 15.1. The van der Waals surface area contributed by atoms with E-state index in [-0.39, 0.29) is 30.5 Å². The summed E-state index contributed by atoms with van der Waals surface area (Å²) in [4.78, 5) is 0. The van der Waals surface area contributed by atoms with Gasteiger partial charge in [0.15, 0.2) is 23.2 Å². The quantitative estimate of drug-likeness (QED) is 0.377. The SMILES string of the molecule is CCCCCC1CCC(C(F)=C(F)c2ccc(OCC)c(F)c2F)=CO1. The molecule has 1 aliphatic rings. The first-order valence-corrected chi connectivity index (χ1v) is 9.00. The number of benzene rings is 1. The van der Waals surface area contributed by atoms with Gasteiger partial charge in [-0.15, -0.1) is 0 Å². The van der Waals surface area contributed by atoms with Crippen molar-refractivity contribution in [2.75, 3.05) is 6.61 Å². The van der Waals surface area contributed by atoms with Crippen molar-refractivity contribution in [3.8, 4) is 5.75 Å². The zero-order chi connectivity index (χ0) is 19.1. The van der Waals surface area contributed by atoms with Gasteiger partial charge < -0.3 is 9.47 Å². The molecule has 0 bridgehead atoms. The fourth-order valence-corrected chi connectivity index (χ4v) is 2.85. The molecule has 0 saturated carbocycles. The normalized spacial score (nSPS) is 18.1. The molecule has 144 valence electrons. The third kappa shape index (κ3) is 4.80. The Morgan fingerprint density at radius 2 is 1.88 bits per heavy atom. The van der Waals surface area contributed by atoms with Gasteiger partial charge >= 0.3 is 0 Å². The van der Waals surface area contributed by atoms with Crippen LogP contribution < -0.4 is 4.74 Å². The Morgan fingerprint density at radius 1 is 1.12 bits per heavy atom. The Balaban J connectivity index is 2.16. The third-order valence-electron chi connectivity index (χ3n) is 4.33. The molecule has 0 fully saturated rings. The van der Waals surface area contributed by atoms with Gasteiger partial charge in [0.2, 0.25) is 5.82 Å². The summed E-state index contributed by atoms with van der Waals surface area (Å²) in [5.74, 6) is -5.81. The van der Waals surface area contributed by atoms with E-state index in [1.807, 2.05) is 0 Å². The lowest BCUT2D eigenvalue weighted by Crippen LogP contribution is -2.15. The number of rotatable bonds is 8. The topological polar surface area (TPSA) is 18.5 Å². The summed E-state index contributed by atoms with van der Waals surface area (Å²) in [5, 5.41) is 0. The first kappa shape index (κ1) is 20.3. The largest absolute Gasteiger partial charge is 0.498 e. The maximum absolute atomic E-state index is 14.4. The molecule has 1 aromatic rings. The second-order valence-corrected chi connectivity index (χ2v) is 6.24. The number of unbranched alkanes of at least 4 members (excludes halogenated alkanes) is 2. The van der Waals surface area contributed by atoms with Gasteiger partial charge in [0.1, 0.15) is 0 Å². The van der Waals surface area contributed by atoms with Gasteiger partial charge in [-0.2, -0.15) is 4.39 Å². The highest BCUT2D eigenvalue weighted by atomic mass is 19.2. The van der Waals surface area contributed by atoms with Gasteiger partial charge in [-0.05, 0) is 44.7 Å². The lowest BCUT2D eigenvalue weighted by Gasteiger charge is -2.22. The van der Waals surface area contributed by atoms with E-state index in [2.05, 4.69) is 6.92 Å². The van der Waals surface area contributed by atoms with Crippen molar-refractivity contribution in [1.82, 2.24) is 0 Å². The lowest BCUT2D eigenvalue weighted by molar-refractivity contribution is 0.108. The highest BCUT2D eigenvalue weighted by Crippen LogP contribution is 2.35. The van der Waals surface area contributed by atoms with Crippen molar-refractivity contribution >= 4 is 5.83 Å². The Hall–Kier alpha value is -1.98. The highest BCUT2D eigenvalue weighted by molar-refractivity contribution is 5.66. The second-order valence-electron chi connectivity index (χ2n) is 6.24. The molecule has 1 heterocycles. The molecule has 0 N–H and O–H groups in total. The van der Waals surface area contributed by atoms with Crippen LogP contribution in [0.15, 0.2) is 29.8 Å². The molecule has 0 radical (unpaired) electrons. The van der Waals surface area contributed by atoms with Crippen molar-refractivity contribution in [3.63, 3.8) is 0 Å². The number of halogens is 4. The van der Waals surface area contributed by atoms with Gasteiger partial charge in [0.05, 0.1) is 24.5 Å². The van der Waals surface area contributed by atoms with E-state index < -0.39 is 28.9 Å². The molecule has 0 saturated heterocycles. The van der Waals surface area contributed by atoms with Gasteiger partial charge in [0.25, 0.3) is 0 Å². The van der Waals surface area contributed by atoms with Crippen LogP contribution in [0.25, 0.3) is 5.83 Å². The molecule has 6 heteroatoms. The zero-order valence-electron chi connectivity index (χ0n) is 15.1. The summed E-state index contributed by atoms with van der Waals surface area (Å²) in [6.45, 7) is 3.84. The molecule has 0 amide bonds. The molecular formula is C20H24F4O2. The van der Waals surface area contributed by atoms with Gasteiger partial charge in [-0.3, -0.25) is 0 Å². The first-order valence-electron chi connectivity index (χ1n) is 9.00. The highest BCUT2D eigenvalue weighted by Gasteiger charge is 2.24. The lowest BCUT2D eigenvalue weighted by atomic mass is 9.99. The van der Waals surface area contributed by atoms with Gasteiger partial charge in [-0.1, -0.05) is 19.8 Å². The summed E-state index contributed by atoms with van der Waals surface area (Å²) in [6.07, 6.45) is 6.12. The number of ether oxygens (including phenoxy) is 2. The molecule has 1 aliphatic heterocycles. The summed E-state index contributed by atoms with van der Waals surface area (Å²) >= 11 is 0. The monoisotopic (exact) mass is 372 g/mol. The van der Waals surface area contributed by atoms with Crippen molar-refractivity contribution in [1.29, 1.82) is 0 Å². The molecule has 1 aromatic carbocycles. The van der Waals surface area contributed by atoms with Crippen molar-refractivity contribution < 1.29 is 27.0 Å². The van der Waals surface area contributed by atoms with Crippen LogP contribution in [0.5, 0.6) is 5.75 Å². The summed E-state index contributed by atoms with van der Waals surface area (Å²) in [5.41, 5.74) is -0.752. The van der Waals surface area contributed by atoms with Gasteiger partial charge in [-0.25, -0.2) is 13.2 Å². The predicted molar refractivity (Wildman–Crippen MR) is 93.0 cm³/mol. The van der Waals surface area contributed by atoms with Crippen LogP contribution in [0.2, 0.25) is 0 Å². The third-order valence-corrected chi connectivity index (χ3v) is 4.33. The van der Waals surface area contributed by atoms with Crippen LogP contribution in [0.4, 0.5) is 17.6 Å². The second kappa shape index (κ2) is 9.64. The number of hydrogen-bond acceptors (Lipinski definition) is 2. The molecular weight excluding hydrogens is 348 g/mol. The summed E-state index contributed by atoms with van der Waals surface area (Å²) in [7, 11) is 0. The predicted octanol–water partition coefficient (Wildman–Crippen LogP) is 6.61. The van der Waals surface area contributed by atoms with E-state index in [9.17, 15) is 17.6 Å². The Kier molecular flexibility index (Phi) is 7.54. The molecule has 0 aromatic heterocycles. The van der Waals surface area contributed by atoms with Crippen LogP contribution in [-0.2, 0) is 4.74 Å². The molecule has 1 atom stereocenters. The minimum absolute atomic E-state index is 0.0131. The molecule has 2 rings (SSSR count). The van der Waals surface area contributed by atoms with E-state index in [4.69, 9.17) is 9.47 Å². The summed E-state index contributed by atoms with van der Waals surface area (Å²) < 4.78 is 67.1. The molecule has 0 aliphatic carbocycles. The molecule has 2 nitrogen and oxygen atoms in total. The first-order chi connectivity index (χ1) is 12.5. The molecule has 1 unspecified atom stereocenters. The average molecular weight is 372 g/mol. The minimum Gasteiger partial charge on any atom is -0.498 e. The van der Waals surface area contributed by atoms with Crippen LogP contribution >= 0.6 is 0 Å². The standard InChI is InChI=1S/C20H24F4O2/c1-3-5-6-7-14-9-8-13(12-26-14)17(21)18(22)15-10-11-16(25-4-2)20(24)19(15)23/h10-12,14H,3-9H2,1-2H3. The number of allylic oxidation sites excluding steroid dienone is 2. The van der Waals surface area contributed by atoms with Crippen LogP contribution in [0.1, 0.15) is 57.9 Å². The van der Waals surface area contributed by atoms with Crippen molar-refractivity contribution in [3.05, 3.63) is 47.0 Å². The Morgan fingerprint density at radius 3 is 2.50 bits per heavy atom. The smallest absolute Gasteiger partial charge is 0.201 e. The van der Waals surface area contributed by atoms with Crippen molar-refractivity contribution in [2.45, 2.75) is 58.5 Å². The van der Waals surface area contributed by atoms with Crippen molar-refractivity contribution in [2.24, 2.45) is 0 Å². The maximum Gasteiger partial charge on any atom is 0.201 e. The number of hydrogen-bond donors (Lipinski definition) is 0. The van der Waals surface area contributed by atoms with E-state index in [0.29, 0.717) is 6.42 Å². The van der Waals surface area contributed by atoms with Crippen LogP contribution in [-0.4, -0.2) is 12.7 Å². The fraction of sp³-hybridized carbons (Fsp3) is 0.500. The maximum atomic E-state index is 14.4. The minimum atomic E-state index is -1.47. The summed E-state index contributed by atoms with van der Waals surface area (Å²) in [6, 6.07) is 2.05. The van der Waals surface area contributed by atoms with E-state index in [1.165, 1.54) is 6.26 Å². The molecule has 26 heavy (non-hydrogen) atoms. The average Bonchev–Trinajstić information content (AvgIpc) is 2.65. The van der Waals surface area contributed by atoms with Gasteiger partial charge in [0, 0.05) is 5.57 Å². The van der Waals surface area contributed by atoms with E-state index in [1.54, 1.807) is 6.92 Å². The van der Waals surface area contributed by atoms with Crippen LogP contribution in [0.3, 0.4) is 0 Å². The Bertz CT molecular complexity index is 683. The van der Waals surface area contributed by atoms with Crippen LogP contribution in [0, 0.1) is 11.6 Å². The van der Waals surface area contributed by atoms with E-state index >= 15 is 0 Å². The van der Waals surface area contributed by atoms with E-state index in [0.717, 1.165) is 37.8 Å². The molecule has 0 spiro atoms. The Labute approximate surface area is 151 Å². The fourth-order valence-electron chi connectivity index (χ4n) is 2.85.